The molecular weight excluding hydrogens is 382 g/mol. The molecule has 0 aliphatic carbocycles. The van der Waals surface area contributed by atoms with Gasteiger partial charge in [0.2, 0.25) is 5.91 Å². The molecule has 4 rings (SSSR count). The molecule has 0 fully saturated rings. The second kappa shape index (κ2) is 8.60. The number of hydrogen-bond acceptors (Lipinski definition) is 5. The standard InChI is InChI=1S/C22H21N5O3/c1-30-18-8-6-17(7-9-18)27-13-10-16(25-27)14-23-21(28)11-12-26-15-24-20-5-3-2-4-19(20)22(26)29/h2-10,13,15H,11-12,14H2,1H3,(H,23,28). The minimum atomic E-state index is -0.158. The maximum absolute atomic E-state index is 12.5. The minimum Gasteiger partial charge on any atom is -0.497 e. The van der Waals surface area contributed by atoms with Crippen LogP contribution in [0.5, 0.6) is 5.75 Å². The third-order valence-corrected chi connectivity index (χ3v) is 4.76. The van der Waals surface area contributed by atoms with Gasteiger partial charge < -0.3 is 10.1 Å². The van der Waals surface area contributed by atoms with E-state index in [1.807, 2.05) is 42.6 Å². The summed E-state index contributed by atoms with van der Waals surface area (Å²) >= 11 is 0. The molecule has 2 aromatic carbocycles. The summed E-state index contributed by atoms with van der Waals surface area (Å²) in [5, 5.41) is 7.85. The topological polar surface area (TPSA) is 91.0 Å². The maximum Gasteiger partial charge on any atom is 0.261 e. The van der Waals surface area contributed by atoms with E-state index >= 15 is 0 Å². The molecule has 4 aromatic rings. The molecule has 8 heteroatoms. The summed E-state index contributed by atoms with van der Waals surface area (Å²) in [5.41, 5.74) is 2.14. The summed E-state index contributed by atoms with van der Waals surface area (Å²) in [4.78, 5) is 29.0. The number of hydrogen-bond donors (Lipinski definition) is 1. The van der Waals surface area contributed by atoms with Crippen LogP contribution in [0.1, 0.15) is 12.1 Å². The van der Waals surface area contributed by atoms with Gasteiger partial charge in [-0.15, -0.1) is 0 Å². The van der Waals surface area contributed by atoms with Crippen LogP contribution >= 0.6 is 0 Å². The second-order valence-electron chi connectivity index (χ2n) is 6.74. The molecule has 152 valence electrons. The van der Waals surface area contributed by atoms with E-state index in [2.05, 4.69) is 15.4 Å². The van der Waals surface area contributed by atoms with E-state index in [1.54, 1.807) is 30.0 Å². The lowest BCUT2D eigenvalue weighted by Crippen LogP contribution is -2.27. The van der Waals surface area contributed by atoms with E-state index < -0.39 is 0 Å². The van der Waals surface area contributed by atoms with Crippen molar-refractivity contribution in [2.75, 3.05) is 7.11 Å². The number of para-hydroxylation sites is 1. The molecule has 2 heterocycles. The predicted octanol–water partition coefficient (Wildman–Crippen LogP) is 2.30. The molecule has 1 amide bonds. The third kappa shape index (κ3) is 4.22. The van der Waals surface area contributed by atoms with Crippen LogP contribution in [0, 0.1) is 0 Å². The average molecular weight is 403 g/mol. The van der Waals surface area contributed by atoms with E-state index in [9.17, 15) is 9.59 Å². The van der Waals surface area contributed by atoms with Crippen molar-refractivity contribution in [1.82, 2.24) is 24.6 Å². The second-order valence-corrected chi connectivity index (χ2v) is 6.74. The fourth-order valence-corrected chi connectivity index (χ4v) is 3.10. The molecule has 1 N–H and O–H groups in total. The number of aryl methyl sites for hydroxylation is 1. The fraction of sp³-hybridized carbons (Fsp3) is 0.182. The van der Waals surface area contributed by atoms with Gasteiger partial charge in [-0.3, -0.25) is 14.2 Å². The van der Waals surface area contributed by atoms with Crippen molar-refractivity contribution in [2.24, 2.45) is 0 Å². The summed E-state index contributed by atoms with van der Waals surface area (Å²) in [7, 11) is 1.62. The van der Waals surface area contributed by atoms with Crippen LogP contribution in [-0.2, 0) is 17.9 Å². The molecule has 0 saturated carbocycles. The monoisotopic (exact) mass is 403 g/mol. The molecule has 8 nitrogen and oxygen atoms in total. The van der Waals surface area contributed by atoms with Gasteiger partial charge in [-0.1, -0.05) is 12.1 Å². The normalized spacial score (nSPS) is 10.8. The van der Waals surface area contributed by atoms with E-state index in [1.165, 1.54) is 10.9 Å². The highest BCUT2D eigenvalue weighted by atomic mass is 16.5. The first-order chi connectivity index (χ1) is 14.6. The highest BCUT2D eigenvalue weighted by Crippen LogP contribution is 2.14. The SMILES string of the molecule is COc1ccc(-n2ccc(CNC(=O)CCn3cnc4ccccc4c3=O)n2)cc1. The van der Waals surface area contributed by atoms with Gasteiger partial charge in [0, 0.05) is 19.2 Å². The molecule has 30 heavy (non-hydrogen) atoms. The first kappa shape index (κ1) is 19.4. The summed E-state index contributed by atoms with van der Waals surface area (Å²) in [5.74, 6) is 0.619. The predicted molar refractivity (Wildman–Crippen MR) is 113 cm³/mol. The Balaban J connectivity index is 1.33. The molecule has 0 saturated heterocycles. The van der Waals surface area contributed by atoms with Crippen LogP contribution in [0.15, 0.2) is 71.9 Å². The highest BCUT2D eigenvalue weighted by molar-refractivity contribution is 5.77. The average Bonchev–Trinajstić information content (AvgIpc) is 3.26. The van der Waals surface area contributed by atoms with Crippen molar-refractivity contribution < 1.29 is 9.53 Å². The molecule has 2 aromatic heterocycles. The van der Waals surface area contributed by atoms with Gasteiger partial charge in [0.25, 0.3) is 5.56 Å². The number of carbonyl (C=O) groups is 1. The quantitative estimate of drug-likeness (QED) is 0.511. The van der Waals surface area contributed by atoms with Crippen molar-refractivity contribution >= 4 is 16.8 Å². The number of aromatic nitrogens is 4. The van der Waals surface area contributed by atoms with E-state index in [0.29, 0.717) is 17.4 Å². The summed E-state index contributed by atoms with van der Waals surface area (Å²) in [6.45, 7) is 0.579. The van der Waals surface area contributed by atoms with E-state index in [4.69, 9.17) is 4.74 Å². The van der Waals surface area contributed by atoms with Gasteiger partial charge in [0.1, 0.15) is 5.75 Å². The van der Waals surface area contributed by atoms with Crippen LogP contribution in [0.2, 0.25) is 0 Å². The third-order valence-electron chi connectivity index (χ3n) is 4.76. The number of carbonyl (C=O) groups excluding carboxylic acids is 1. The van der Waals surface area contributed by atoms with E-state index in [0.717, 1.165) is 17.1 Å². The van der Waals surface area contributed by atoms with Gasteiger partial charge in [-0.05, 0) is 42.5 Å². The van der Waals surface area contributed by atoms with Gasteiger partial charge >= 0.3 is 0 Å². The Morgan fingerprint density at radius 1 is 1.10 bits per heavy atom. The van der Waals surface area contributed by atoms with E-state index in [-0.39, 0.29) is 24.4 Å². The maximum atomic E-state index is 12.5. The molecule has 0 aliphatic rings. The summed E-state index contributed by atoms with van der Waals surface area (Å²) in [6, 6.07) is 16.6. The first-order valence-electron chi connectivity index (χ1n) is 9.54. The van der Waals surface area contributed by atoms with Crippen molar-refractivity contribution in [1.29, 1.82) is 0 Å². The number of fused-ring (bicyclic) bond motifs is 1. The van der Waals surface area contributed by atoms with Gasteiger partial charge in [0.15, 0.2) is 0 Å². The smallest absolute Gasteiger partial charge is 0.261 e. The number of rotatable bonds is 7. The molecule has 0 radical (unpaired) electrons. The summed E-state index contributed by atoms with van der Waals surface area (Å²) in [6.07, 6.45) is 3.50. The molecule has 0 aliphatic heterocycles. The van der Waals surface area contributed by atoms with Crippen LogP contribution in [0.4, 0.5) is 0 Å². The lowest BCUT2D eigenvalue weighted by atomic mass is 10.2. The number of amides is 1. The van der Waals surface area contributed by atoms with Crippen molar-refractivity contribution in [2.45, 2.75) is 19.5 Å². The summed E-state index contributed by atoms with van der Waals surface area (Å²) < 4.78 is 8.35. The van der Waals surface area contributed by atoms with Crippen LogP contribution in [0.25, 0.3) is 16.6 Å². The first-order valence-corrected chi connectivity index (χ1v) is 9.54. The molecule has 0 atom stereocenters. The van der Waals surface area contributed by atoms with Crippen molar-refractivity contribution in [3.05, 3.63) is 83.2 Å². The molecule has 0 spiro atoms. The zero-order chi connectivity index (χ0) is 20.9. The Morgan fingerprint density at radius 2 is 1.90 bits per heavy atom. The highest BCUT2D eigenvalue weighted by Gasteiger charge is 2.08. The van der Waals surface area contributed by atoms with Crippen molar-refractivity contribution in [3.8, 4) is 11.4 Å². The van der Waals surface area contributed by atoms with Gasteiger partial charge in [0.05, 0.1) is 42.3 Å². The zero-order valence-corrected chi connectivity index (χ0v) is 16.5. The number of benzene rings is 2. The Hall–Kier alpha value is -3.94. The molecular formula is C22H21N5O3. The number of nitrogens with one attached hydrogen (secondary N) is 1. The Bertz CT molecular complexity index is 1230. The molecule has 0 unspecified atom stereocenters. The van der Waals surface area contributed by atoms with Crippen LogP contribution in [-0.4, -0.2) is 32.3 Å². The van der Waals surface area contributed by atoms with Gasteiger partial charge in [-0.25, -0.2) is 9.67 Å². The molecule has 0 bridgehead atoms. The fourth-order valence-electron chi connectivity index (χ4n) is 3.10. The lowest BCUT2D eigenvalue weighted by molar-refractivity contribution is -0.121. The minimum absolute atomic E-state index is 0.147. The van der Waals surface area contributed by atoms with Crippen LogP contribution in [0.3, 0.4) is 0 Å². The number of ether oxygens (including phenoxy) is 1. The lowest BCUT2D eigenvalue weighted by Gasteiger charge is -2.07. The Kier molecular flexibility index (Phi) is 5.56. The number of methoxy groups -OCH3 is 1. The van der Waals surface area contributed by atoms with Crippen LogP contribution < -0.4 is 15.6 Å². The largest absolute Gasteiger partial charge is 0.497 e. The Morgan fingerprint density at radius 3 is 2.70 bits per heavy atom. The van der Waals surface area contributed by atoms with Crippen molar-refractivity contribution in [3.63, 3.8) is 0 Å². The zero-order valence-electron chi connectivity index (χ0n) is 16.5. The number of nitrogens with zero attached hydrogens (tertiary/aromatic N) is 4. The Labute approximate surface area is 172 Å². The van der Waals surface area contributed by atoms with Gasteiger partial charge in [-0.2, -0.15) is 5.10 Å².